The largest absolute Gasteiger partial charge is 0.490 e. The van der Waals surface area contributed by atoms with Gasteiger partial charge >= 0.3 is 5.97 Å². The van der Waals surface area contributed by atoms with Gasteiger partial charge in [-0.25, -0.2) is 4.39 Å². The molecule has 0 spiro atoms. The van der Waals surface area contributed by atoms with Gasteiger partial charge in [0.25, 0.3) is 0 Å². The van der Waals surface area contributed by atoms with Crippen LogP contribution in [0, 0.1) is 5.82 Å². The van der Waals surface area contributed by atoms with Gasteiger partial charge in [-0.05, 0) is 6.42 Å². The molecule has 0 aromatic heterocycles. The van der Waals surface area contributed by atoms with Crippen molar-refractivity contribution >= 4 is 17.3 Å². The van der Waals surface area contributed by atoms with Crippen molar-refractivity contribution in [3.63, 3.8) is 0 Å². The third-order valence-corrected chi connectivity index (χ3v) is 2.00. The van der Waals surface area contributed by atoms with Crippen molar-refractivity contribution in [3.05, 3.63) is 17.9 Å². The second-order valence-corrected chi connectivity index (χ2v) is 3.47. The number of aliphatic carboxylic acids is 1. The standard InChI is InChI=1S/C11H15FN2O3/c1-2-3-17-10-5-9(14-6-11(15)16)8(13)4-7(10)12/h4-5,14H,2-3,6,13H2,1H3,(H,15,16). The number of anilines is 2. The summed E-state index contributed by atoms with van der Waals surface area (Å²) in [4.78, 5) is 10.4. The maximum atomic E-state index is 13.4. The molecule has 1 aromatic rings. The summed E-state index contributed by atoms with van der Waals surface area (Å²) in [5.41, 5.74) is 6.05. The first-order valence-electron chi connectivity index (χ1n) is 5.22. The van der Waals surface area contributed by atoms with E-state index in [1.54, 1.807) is 0 Å². The number of ether oxygens (including phenoxy) is 1. The first-order chi connectivity index (χ1) is 8.04. The average Bonchev–Trinajstić information content (AvgIpc) is 2.26. The lowest BCUT2D eigenvalue weighted by atomic mass is 10.2. The zero-order chi connectivity index (χ0) is 12.8. The van der Waals surface area contributed by atoms with Crippen LogP contribution in [0.4, 0.5) is 15.8 Å². The fourth-order valence-corrected chi connectivity index (χ4v) is 1.22. The normalized spacial score (nSPS) is 10.0. The quantitative estimate of drug-likeness (QED) is 0.661. The van der Waals surface area contributed by atoms with Crippen LogP contribution >= 0.6 is 0 Å². The summed E-state index contributed by atoms with van der Waals surface area (Å²) in [5.74, 6) is -1.52. The molecular formula is C11H15FN2O3. The molecule has 0 aliphatic carbocycles. The number of hydrogen-bond donors (Lipinski definition) is 3. The highest BCUT2D eigenvalue weighted by Gasteiger charge is 2.09. The Balaban J connectivity index is 2.85. The van der Waals surface area contributed by atoms with Crippen molar-refractivity contribution in [2.45, 2.75) is 13.3 Å². The third kappa shape index (κ3) is 3.82. The Morgan fingerprint density at radius 2 is 2.29 bits per heavy atom. The average molecular weight is 242 g/mol. The van der Waals surface area contributed by atoms with Crippen LogP contribution in [-0.2, 0) is 4.79 Å². The Morgan fingerprint density at radius 1 is 1.59 bits per heavy atom. The Kier molecular flexibility index (Phi) is 4.56. The van der Waals surface area contributed by atoms with Gasteiger partial charge in [-0.15, -0.1) is 0 Å². The zero-order valence-corrected chi connectivity index (χ0v) is 9.50. The number of hydrogen-bond acceptors (Lipinski definition) is 4. The minimum atomic E-state index is -1.02. The van der Waals surface area contributed by atoms with Crippen LogP contribution in [0.25, 0.3) is 0 Å². The molecule has 0 bridgehead atoms. The smallest absolute Gasteiger partial charge is 0.322 e. The third-order valence-electron chi connectivity index (χ3n) is 2.00. The minimum Gasteiger partial charge on any atom is -0.490 e. The van der Waals surface area contributed by atoms with E-state index in [0.29, 0.717) is 12.3 Å². The van der Waals surface area contributed by atoms with Gasteiger partial charge < -0.3 is 20.9 Å². The van der Waals surface area contributed by atoms with Gasteiger partial charge in [-0.1, -0.05) is 6.92 Å². The maximum absolute atomic E-state index is 13.4. The lowest BCUT2D eigenvalue weighted by Crippen LogP contribution is -2.13. The van der Waals surface area contributed by atoms with Crippen LogP contribution in [0.3, 0.4) is 0 Å². The molecule has 0 unspecified atom stereocenters. The van der Waals surface area contributed by atoms with Gasteiger partial charge in [-0.2, -0.15) is 0 Å². The summed E-state index contributed by atoms with van der Waals surface area (Å²) in [7, 11) is 0. The first kappa shape index (κ1) is 13.1. The van der Waals surface area contributed by atoms with Crippen molar-refractivity contribution < 1.29 is 19.0 Å². The maximum Gasteiger partial charge on any atom is 0.322 e. The van der Waals surface area contributed by atoms with Crippen molar-refractivity contribution in [2.24, 2.45) is 0 Å². The highest BCUT2D eigenvalue weighted by atomic mass is 19.1. The van der Waals surface area contributed by atoms with Gasteiger partial charge in [0, 0.05) is 12.1 Å². The van der Waals surface area contributed by atoms with Crippen molar-refractivity contribution in [1.29, 1.82) is 0 Å². The molecule has 6 heteroatoms. The van der Waals surface area contributed by atoms with E-state index in [0.717, 1.165) is 12.5 Å². The molecule has 0 saturated heterocycles. The Hall–Kier alpha value is -1.98. The number of halogens is 1. The van der Waals surface area contributed by atoms with E-state index in [2.05, 4.69) is 5.32 Å². The predicted molar refractivity (Wildman–Crippen MR) is 62.7 cm³/mol. The molecule has 1 rings (SSSR count). The fourth-order valence-electron chi connectivity index (χ4n) is 1.22. The molecule has 4 N–H and O–H groups in total. The number of carboxylic acids is 1. The Morgan fingerprint density at radius 3 is 2.88 bits per heavy atom. The van der Waals surface area contributed by atoms with E-state index in [-0.39, 0.29) is 18.0 Å². The number of carboxylic acid groups (broad SMARTS) is 1. The van der Waals surface area contributed by atoms with E-state index in [1.807, 2.05) is 6.92 Å². The zero-order valence-electron chi connectivity index (χ0n) is 9.50. The minimum absolute atomic E-state index is 0.0638. The molecule has 0 fully saturated rings. The number of nitrogens with two attached hydrogens (primary N) is 1. The molecule has 0 amide bonds. The van der Waals surface area contributed by atoms with E-state index in [4.69, 9.17) is 15.6 Å². The summed E-state index contributed by atoms with van der Waals surface area (Å²) in [6.07, 6.45) is 0.752. The summed E-state index contributed by atoms with van der Waals surface area (Å²) in [6, 6.07) is 2.47. The lowest BCUT2D eigenvalue weighted by Gasteiger charge is -2.11. The molecule has 0 atom stereocenters. The fraction of sp³-hybridized carbons (Fsp3) is 0.364. The van der Waals surface area contributed by atoms with Crippen LogP contribution in [0.2, 0.25) is 0 Å². The monoisotopic (exact) mass is 242 g/mol. The molecule has 0 aliphatic rings. The highest BCUT2D eigenvalue weighted by molar-refractivity contribution is 5.76. The number of carbonyl (C=O) groups is 1. The van der Waals surface area contributed by atoms with Gasteiger partial charge in [0.2, 0.25) is 0 Å². The summed E-state index contributed by atoms with van der Waals surface area (Å²) in [6.45, 7) is 2.00. The lowest BCUT2D eigenvalue weighted by molar-refractivity contribution is -0.134. The van der Waals surface area contributed by atoms with Crippen molar-refractivity contribution in [1.82, 2.24) is 0 Å². The molecular weight excluding hydrogens is 227 g/mol. The topological polar surface area (TPSA) is 84.6 Å². The van der Waals surface area contributed by atoms with Crippen LogP contribution in [0.1, 0.15) is 13.3 Å². The molecule has 0 radical (unpaired) electrons. The van der Waals surface area contributed by atoms with Gasteiger partial charge in [0.1, 0.15) is 6.54 Å². The van der Waals surface area contributed by atoms with Crippen LogP contribution in [0.5, 0.6) is 5.75 Å². The number of rotatable bonds is 6. The molecule has 5 nitrogen and oxygen atoms in total. The van der Waals surface area contributed by atoms with Gasteiger partial charge in [0.05, 0.1) is 18.0 Å². The molecule has 0 aliphatic heterocycles. The highest BCUT2D eigenvalue weighted by Crippen LogP contribution is 2.28. The summed E-state index contributed by atoms with van der Waals surface area (Å²) >= 11 is 0. The molecule has 0 saturated carbocycles. The van der Waals surface area contributed by atoms with E-state index in [9.17, 15) is 9.18 Å². The second kappa shape index (κ2) is 5.93. The SMILES string of the molecule is CCCOc1cc(NCC(=O)O)c(N)cc1F. The Labute approximate surface area is 98.4 Å². The van der Waals surface area contributed by atoms with Gasteiger partial charge in [-0.3, -0.25) is 4.79 Å². The van der Waals surface area contributed by atoms with Gasteiger partial charge in [0.15, 0.2) is 11.6 Å². The van der Waals surface area contributed by atoms with Crippen molar-refractivity contribution in [3.8, 4) is 5.75 Å². The first-order valence-corrected chi connectivity index (χ1v) is 5.22. The van der Waals surface area contributed by atoms with Crippen LogP contribution in [-0.4, -0.2) is 24.2 Å². The second-order valence-electron chi connectivity index (χ2n) is 3.47. The summed E-state index contributed by atoms with van der Waals surface area (Å²) < 4.78 is 18.6. The summed E-state index contributed by atoms with van der Waals surface area (Å²) in [5, 5.41) is 11.1. The molecule has 0 heterocycles. The molecule has 94 valence electrons. The van der Waals surface area contributed by atoms with E-state index < -0.39 is 11.8 Å². The Bertz CT molecular complexity index is 410. The predicted octanol–water partition coefficient (Wildman–Crippen LogP) is 1.69. The molecule has 1 aromatic carbocycles. The van der Waals surface area contributed by atoms with Crippen LogP contribution < -0.4 is 15.8 Å². The van der Waals surface area contributed by atoms with Crippen molar-refractivity contribution in [2.75, 3.05) is 24.2 Å². The van der Waals surface area contributed by atoms with Crippen LogP contribution in [0.15, 0.2) is 12.1 Å². The molecule has 17 heavy (non-hydrogen) atoms. The number of nitrogens with one attached hydrogen (secondary N) is 1. The van der Waals surface area contributed by atoms with E-state index >= 15 is 0 Å². The number of nitrogen functional groups attached to an aromatic ring is 1. The number of benzene rings is 1. The van der Waals surface area contributed by atoms with E-state index in [1.165, 1.54) is 6.07 Å².